The van der Waals surface area contributed by atoms with Gasteiger partial charge in [0.1, 0.15) is 0 Å². The van der Waals surface area contributed by atoms with Gasteiger partial charge >= 0.3 is 34.1 Å². The molecule has 2 saturated heterocycles. The first-order chi connectivity index (χ1) is 22.3. The number of aromatic nitrogens is 2. The first-order valence-electron chi connectivity index (χ1n) is 15.0. The van der Waals surface area contributed by atoms with E-state index in [-0.39, 0.29) is 56.4 Å². The van der Waals surface area contributed by atoms with E-state index >= 15 is 0 Å². The third kappa shape index (κ3) is 26.0. The molecule has 2 radical (unpaired) electrons. The summed E-state index contributed by atoms with van der Waals surface area (Å²) in [4.78, 5) is 51.0. The first-order valence-corrected chi connectivity index (χ1v) is 15.0. The maximum atomic E-state index is 9.49. The second-order valence-electron chi connectivity index (χ2n) is 11.1. The van der Waals surface area contributed by atoms with Gasteiger partial charge in [-0.1, -0.05) is 38.4 Å². The minimum atomic E-state index is -1.19. The topological polar surface area (TPSA) is 193 Å². The number of carbonyl (C=O) groups excluding carboxylic acids is 4. The largest absolute Gasteiger partial charge is 2.00 e. The number of carbonyl (C=O) groups is 4. The molecule has 2 aliphatic heterocycles. The Morgan fingerprint density at radius 2 is 0.840 bits per heavy atom. The Balaban J connectivity index is -0.000000262. The monoisotopic (exact) mass is 790 g/mol. The second-order valence-corrected chi connectivity index (χ2v) is 11.1. The fourth-order valence-corrected chi connectivity index (χ4v) is 3.81. The average Bonchev–Trinajstić information content (AvgIpc) is 3.67. The maximum absolute atomic E-state index is 9.49. The Kier molecular flexibility index (Phi) is 31.7. The van der Waals surface area contributed by atoms with Gasteiger partial charge in [0.15, 0.2) is 0 Å². The van der Waals surface area contributed by atoms with Gasteiger partial charge in [-0.15, -0.1) is 0 Å². The number of carboxylic acids is 4. The molecule has 2 fully saturated rings. The van der Waals surface area contributed by atoms with Gasteiger partial charge in [0.2, 0.25) is 0 Å². The van der Waals surface area contributed by atoms with Gasteiger partial charge in [-0.2, -0.15) is 0 Å². The van der Waals surface area contributed by atoms with Crippen LogP contribution in [0, 0.1) is 0 Å². The Morgan fingerprint density at radius 3 is 0.980 bits per heavy atom. The molecule has 0 spiro atoms. The van der Waals surface area contributed by atoms with Gasteiger partial charge < -0.3 is 39.6 Å². The van der Waals surface area contributed by atoms with E-state index in [4.69, 9.17) is 0 Å². The summed E-state index contributed by atoms with van der Waals surface area (Å²) in [7, 11) is 4.37. The molecule has 0 aromatic carbocycles. The molecule has 0 aliphatic carbocycles. The molecule has 2 aromatic rings. The van der Waals surface area contributed by atoms with Crippen molar-refractivity contribution < 1.29 is 73.7 Å². The second kappa shape index (κ2) is 30.0. The van der Waals surface area contributed by atoms with Crippen molar-refractivity contribution >= 4 is 23.9 Å². The number of hydrogen-bond donors (Lipinski definition) is 0. The molecule has 2 aliphatic rings. The van der Waals surface area contributed by atoms with Crippen molar-refractivity contribution in [3.8, 4) is 0 Å². The fraction of sp³-hybridized carbons (Fsp3) is 0.389. The minimum absolute atomic E-state index is 0. The van der Waals surface area contributed by atoms with Crippen LogP contribution < -0.4 is 20.4 Å². The van der Waals surface area contributed by atoms with Crippen LogP contribution in [-0.2, 0) is 53.3 Å². The summed E-state index contributed by atoms with van der Waals surface area (Å²) in [6.07, 6.45) is 12.8. The number of carboxylic acid groups (broad SMARTS) is 4. The maximum Gasteiger partial charge on any atom is 2.00 e. The van der Waals surface area contributed by atoms with E-state index in [9.17, 15) is 39.6 Å². The molecule has 0 saturated carbocycles. The van der Waals surface area contributed by atoms with Gasteiger partial charge in [0.05, 0.1) is 23.9 Å². The number of likely N-dealkylation sites (tertiary alicyclic amines) is 2. The van der Waals surface area contributed by atoms with Gasteiger partial charge in [-0.05, 0) is 126 Å². The first kappa shape index (κ1) is 52.9. The van der Waals surface area contributed by atoms with E-state index in [1.165, 1.54) is 77.6 Å². The van der Waals surface area contributed by atoms with Crippen molar-refractivity contribution in [1.82, 2.24) is 19.8 Å². The van der Waals surface area contributed by atoms with Crippen LogP contribution in [0.1, 0.15) is 76.6 Å². The summed E-state index contributed by atoms with van der Waals surface area (Å²) < 4.78 is 0. The zero-order chi connectivity index (χ0) is 37.4. The van der Waals surface area contributed by atoms with Gasteiger partial charge in [-0.25, -0.2) is 0 Å². The Labute approximate surface area is 317 Å². The molecule has 0 bridgehead atoms. The quantitative estimate of drug-likeness (QED) is 0.298. The summed E-state index contributed by atoms with van der Waals surface area (Å²) in [6.45, 7) is 20.4. The van der Waals surface area contributed by atoms with E-state index in [1.54, 1.807) is 0 Å². The molecule has 2 atom stereocenters. The van der Waals surface area contributed by atoms with Crippen LogP contribution in [0.3, 0.4) is 0 Å². The van der Waals surface area contributed by atoms with Crippen LogP contribution in [0.15, 0.2) is 97.7 Å². The average molecular weight is 792 g/mol. The zero-order valence-electron chi connectivity index (χ0n) is 29.5. The van der Waals surface area contributed by atoms with Crippen LogP contribution in [0.2, 0.25) is 0 Å². The normalized spacial score (nSPS) is 15.4. The number of hydrogen-bond acceptors (Lipinski definition) is 12. The van der Waals surface area contributed by atoms with Crippen molar-refractivity contribution in [3.63, 3.8) is 0 Å². The smallest absolute Gasteiger partial charge is 0.545 e. The Bertz CT molecular complexity index is 1160. The van der Waals surface area contributed by atoms with E-state index in [0.29, 0.717) is 12.1 Å². The summed E-state index contributed by atoms with van der Waals surface area (Å²) in [5.41, 5.74) is 2.98. The molecule has 50 heavy (non-hydrogen) atoms. The Hall–Kier alpha value is -3.90. The van der Waals surface area contributed by atoms with Crippen LogP contribution >= 0.6 is 0 Å². The number of rotatable bonds is 6. The predicted octanol–water partition coefficient (Wildman–Crippen LogP) is 0.941. The predicted molar refractivity (Wildman–Crippen MR) is 177 cm³/mol. The third-order valence-electron chi connectivity index (χ3n) is 6.57. The molecule has 282 valence electrons. The van der Waals surface area contributed by atoms with Crippen LogP contribution in [0.25, 0.3) is 0 Å². The SMILES string of the molecule is C=C(C)C(=O)[O-].C=C(C)C(=O)[O-].C=C(C)C(=O)[O-].C=C(C)C(=O)[O-].CN1CCC[C@H]1c1cccnc1.CN1CCC[C@H]1c1cccnc1.[Cu+2].[Cu+2]. The summed E-state index contributed by atoms with van der Waals surface area (Å²) in [5.74, 6) is -4.74. The molecular formula is C36H48Cu2N4O8. The Morgan fingerprint density at radius 1 is 0.600 bits per heavy atom. The van der Waals surface area contributed by atoms with Crippen molar-refractivity contribution in [3.05, 3.63) is 109 Å². The van der Waals surface area contributed by atoms with Crippen molar-refractivity contribution in [2.24, 2.45) is 0 Å². The van der Waals surface area contributed by atoms with Crippen LogP contribution in [0.5, 0.6) is 0 Å². The van der Waals surface area contributed by atoms with Crippen molar-refractivity contribution in [2.75, 3.05) is 27.2 Å². The van der Waals surface area contributed by atoms with Gasteiger partial charge in [0.25, 0.3) is 0 Å². The van der Waals surface area contributed by atoms with Crippen LogP contribution in [0.4, 0.5) is 0 Å². The molecule has 14 heteroatoms. The number of nitrogens with zero attached hydrogens (tertiary/aromatic N) is 4. The molecule has 0 N–H and O–H groups in total. The van der Waals surface area contributed by atoms with E-state index in [0.717, 1.165) is 0 Å². The van der Waals surface area contributed by atoms with E-state index in [2.05, 4.69) is 72.3 Å². The minimum Gasteiger partial charge on any atom is -0.545 e. The summed E-state index contributed by atoms with van der Waals surface area (Å²) in [5, 5.41) is 38.0. The molecule has 2 aromatic heterocycles. The molecule has 0 unspecified atom stereocenters. The van der Waals surface area contributed by atoms with Gasteiger partial charge in [-0.3, -0.25) is 19.8 Å². The van der Waals surface area contributed by atoms with Crippen LogP contribution in [-0.4, -0.2) is 70.8 Å². The molecule has 4 rings (SSSR count). The number of aliphatic carboxylic acids is 4. The van der Waals surface area contributed by atoms with Crippen molar-refractivity contribution in [1.29, 1.82) is 0 Å². The van der Waals surface area contributed by atoms with E-state index in [1.807, 2.05) is 36.9 Å². The molecule has 0 amide bonds. The number of pyridine rings is 2. The summed E-state index contributed by atoms with van der Waals surface area (Å²) >= 11 is 0. The fourth-order valence-electron chi connectivity index (χ4n) is 3.81. The molecular weight excluding hydrogens is 744 g/mol. The standard InChI is InChI=1S/2C10H14N2.4C4H6O2.2Cu/c2*1-12-7-3-5-10(12)9-4-2-6-11-8-9;4*1-3(2)4(5)6;;/h2*2,4,6,8,10H,3,5,7H2,1H3;4*1H2,2H3,(H,5,6);;/q;;;;;;2*+2/p-4/t2*10-;;;;;;/m00....../s1. The summed E-state index contributed by atoms with van der Waals surface area (Å²) in [6, 6.07) is 9.58. The van der Waals surface area contributed by atoms with E-state index < -0.39 is 23.9 Å². The van der Waals surface area contributed by atoms with Gasteiger partial charge in [0, 0.05) is 36.9 Å². The third-order valence-corrected chi connectivity index (χ3v) is 6.57. The molecule has 12 nitrogen and oxygen atoms in total. The molecule has 4 heterocycles. The zero-order valence-corrected chi connectivity index (χ0v) is 31.4. The van der Waals surface area contributed by atoms with Crippen molar-refractivity contribution in [2.45, 2.75) is 65.5 Å².